The Balaban J connectivity index is 1.73. The van der Waals surface area contributed by atoms with E-state index in [1.807, 2.05) is 12.1 Å². The summed E-state index contributed by atoms with van der Waals surface area (Å²) in [4.78, 5) is 7.08. The van der Waals surface area contributed by atoms with Crippen LogP contribution in [0.15, 0.2) is 47.1 Å². The molecule has 2 aromatic rings. The topological polar surface area (TPSA) is 68.5 Å². The molecule has 0 saturated carbocycles. The van der Waals surface area contributed by atoms with Crippen LogP contribution in [0.25, 0.3) is 0 Å². The van der Waals surface area contributed by atoms with E-state index >= 15 is 0 Å². The predicted octanol–water partition coefficient (Wildman–Crippen LogP) is 2.92. The lowest BCUT2D eigenvalue weighted by Gasteiger charge is -2.08. The molecule has 1 N–H and O–H groups in total. The van der Waals surface area contributed by atoms with Gasteiger partial charge < -0.3 is 4.42 Å². The van der Waals surface area contributed by atoms with Crippen LogP contribution in [0.2, 0.25) is 5.02 Å². The molecule has 1 aromatic carbocycles. The van der Waals surface area contributed by atoms with Crippen LogP contribution >= 0.6 is 11.6 Å². The third kappa shape index (κ3) is 5.51. The van der Waals surface area contributed by atoms with Crippen molar-refractivity contribution in [2.24, 2.45) is 0 Å². The zero-order chi connectivity index (χ0) is 15.1. The average Bonchev–Trinajstić information content (AvgIpc) is 2.94. The Labute approximate surface area is 128 Å². The number of furan rings is 1. The molecule has 0 aliphatic heterocycles. The minimum atomic E-state index is -3.57. The van der Waals surface area contributed by atoms with Gasteiger partial charge in [-0.15, -0.1) is 0 Å². The Hall–Kier alpha value is -1.34. The number of hydrogen-bond donors (Lipinski definition) is 1. The van der Waals surface area contributed by atoms with E-state index in [-0.39, 0.29) is 12.4 Å². The van der Waals surface area contributed by atoms with Gasteiger partial charge in [0.15, 0.2) is 0 Å². The highest BCUT2D eigenvalue weighted by Gasteiger charge is 2.13. The fourth-order valence-corrected chi connectivity index (χ4v) is 3.02. The van der Waals surface area contributed by atoms with E-state index < -0.39 is 10.0 Å². The van der Waals surface area contributed by atoms with Crippen molar-refractivity contribution in [1.29, 1.82) is 0 Å². The minimum absolute atomic E-state index is 0.217. The van der Waals surface area contributed by atoms with Crippen LogP contribution in [0.1, 0.15) is 17.7 Å². The number of nitrogens with one attached hydrogen (secondary N) is 1. The molecule has 0 fully saturated rings. The van der Waals surface area contributed by atoms with Crippen LogP contribution in [0.3, 0.4) is 0 Å². The van der Waals surface area contributed by atoms with Crippen LogP contribution in [0, 0.1) is 0 Å². The van der Waals surface area contributed by atoms with Crippen LogP contribution in [-0.2, 0) is 27.0 Å². The molecule has 0 amide bonds. The van der Waals surface area contributed by atoms with Crippen LogP contribution in [0.5, 0.6) is 0 Å². The van der Waals surface area contributed by atoms with Crippen molar-refractivity contribution in [2.75, 3.05) is 6.61 Å². The lowest BCUT2D eigenvalue weighted by Crippen LogP contribution is -2.26. The Morgan fingerprint density at radius 1 is 1.19 bits per heavy atom. The molecule has 5 nitrogen and oxygen atoms in total. The predicted molar refractivity (Wildman–Crippen MR) is 80.2 cm³/mol. The summed E-state index contributed by atoms with van der Waals surface area (Å²) >= 11 is 5.93. The van der Waals surface area contributed by atoms with Gasteiger partial charge in [-0.25, -0.2) is 8.42 Å². The first-order valence-corrected chi connectivity index (χ1v) is 8.47. The van der Waals surface area contributed by atoms with Gasteiger partial charge in [-0.3, -0.25) is 4.84 Å². The van der Waals surface area contributed by atoms with Crippen molar-refractivity contribution in [1.82, 2.24) is 4.89 Å². The number of sulfonamides is 1. The van der Waals surface area contributed by atoms with Gasteiger partial charge in [-0.2, -0.15) is 0 Å². The van der Waals surface area contributed by atoms with Crippen molar-refractivity contribution < 1.29 is 17.7 Å². The van der Waals surface area contributed by atoms with Crippen LogP contribution < -0.4 is 4.89 Å². The first-order chi connectivity index (χ1) is 10.1. The second-order valence-corrected chi connectivity index (χ2v) is 6.56. The first kappa shape index (κ1) is 16.0. The summed E-state index contributed by atoms with van der Waals surface area (Å²) < 4.78 is 28.8. The highest BCUT2D eigenvalue weighted by Crippen LogP contribution is 2.17. The first-order valence-electron chi connectivity index (χ1n) is 6.44. The molecule has 0 aliphatic carbocycles. The summed E-state index contributed by atoms with van der Waals surface area (Å²) in [5.74, 6) is 0.628. The number of benzene rings is 1. The lowest BCUT2D eigenvalue weighted by atomic mass is 10.2. The number of rotatable bonds is 8. The van der Waals surface area contributed by atoms with Gasteiger partial charge in [0, 0.05) is 11.4 Å². The van der Waals surface area contributed by atoms with Gasteiger partial charge in [0.1, 0.15) is 5.76 Å². The minimum Gasteiger partial charge on any atom is -0.469 e. The fourth-order valence-electron chi connectivity index (χ4n) is 1.75. The largest absolute Gasteiger partial charge is 0.469 e. The molecule has 21 heavy (non-hydrogen) atoms. The highest BCUT2D eigenvalue weighted by molar-refractivity contribution is 7.88. The van der Waals surface area contributed by atoms with Crippen molar-refractivity contribution in [2.45, 2.75) is 18.6 Å². The number of hydrogen-bond acceptors (Lipinski definition) is 4. The summed E-state index contributed by atoms with van der Waals surface area (Å²) in [5.41, 5.74) is 0.533. The molecule has 1 aromatic heterocycles. The summed E-state index contributed by atoms with van der Waals surface area (Å²) in [6.45, 7) is 0.266. The van der Waals surface area contributed by atoms with E-state index in [1.54, 1.807) is 30.5 Å². The maximum absolute atomic E-state index is 11.8. The third-order valence-electron chi connectivity index (χ3n) is 2.74. The quantitative estimate of drug-likeness (QED) is 0.597. The molecule has 2 rings (SSSR count). The van der Waals surface area contributed by atoms with Crippen molar-refractivity contribution in [3.8, 4) is 0 Å². The highest BCUT2D eigenvalue weighted by atomic mass is 35.5. The van der Waals surface area contributed by atoms with E-state index in [9.17, 15) is 8.42 Å². The Morgan fingerprint density at radius 2 is 2.00 bits per heavy atom. The van der Waals surface area contributed by atoms with Crippen LogP contribution in [-0.4, -0.2) is 15.0 Å². The number of halogens is 1. The molecule has 0 atom stereocenters. The summed E-state index contributed by atoms with van der Waals surface area (Å²) in [6.07, 6.45) is 2.95. The molecule has 0 saturated heterocycles. The molecule has 0 spiro atoms. The van der Waals surface area contributed by atoms with Gasteiger partial charge in [0.05, 0.1) is 18.6 Å². The summed E-state index contributed by atoms with van der Waals surface area (Å²) in [6, 6.07) is 10.5. The van der Waals surface area contributed by atoms with Crippen molar-refractivity contribution >= 4 is 21.6 Å². The zero-order valence-electron chi connectivity index (χ0n) is 11.3. The molecule has 1 heterocycles. The van der Waals surface area contributed by atoms with Gasteiger partial charge in [-0.1, -0.05) is 34.7 Å². The van der Waals surface area contributed by atoms with E-state index in [4.69, 9.17) is 20.9 Å². The summed E-state index contributed by atoms with van der Waals surface area (Å²) in [7, 11) is -3.57. The van der Waals surface area contributed by atoms with Gasteiger partial charge in [0.2, 0.25) is 10.0 Å². The molecule has 7 heteroatoms. The molecule has 0 bridgehead atoms. The Morgan fingerprint density at radius 3 is 2.71 bits per heavy atom. The fraction of sp³-hybridized carbons (Fsp3) is 0.286. The SMILES string of the molecule is O=S(=O)(Cc1ccccc1Cl)NOCCCc1ccco1. The molecule has 0 unspecified atom stereocenters. The average molecular weight is 330 g/mol. The second-order valence-electron chi connectivity index (χ2n) is 4.47. The van der Waals surface area contributed by atoms with Gasteiger partial charge in [0.25, 0.3) is 0 Å². The summed E-state index contributed by atoms with van der Waals surface area (Å²) in [5, 5.41) is 0.417. The monoisotopic (exact) mass is 329 g/mol. The molecular weight excluding hydrogens is 314 g/mol. The molecular formula is C14H16ClNO4S. The standard InChI is InChI=1S/C14H16ClNO4S/c15-14-8-2-1-5-12(14)11-21(17,18)16-20-10-4-7-13-6-3-9-19-13/h1-3,5-6,8-9,16H,4,7,10-11H2. The smallest absolute Gasteiger partial charge is 0.237 e. The van der Waals surface area contributed by atoms with Crippen molar-refractivity contribution in [3.05, 3.63) is 59.0 Å². The van der Waals surface area contributed by atoms with Crippen molar-refractivity contribution in [3.63, 3.8) is 0 Å². The molecule has 0 aliphatic rings. The maximum Gasteiger partial charge on any atom is 0.237 e. The van der Waals surface area contributed by atoms with Gasteiger partial charge >= 0.3 is 0 Å². The Bertz CT molecular complexity index is 655. The van der Waals surface area contributed by atoms with E-state index in [1.165, 1.54) is 0 Å². The van der Waals surface area contributed by atoms with E-state index in [0.717, 1.165) is 5.76 Å². The molecule has 0 radical (unpaired) electrons. The van der Waals surface area contributed by atoms with Gasteiger partial charge in [-0.05, 0) is 30.2 Å². The third-order valence-corrected chi connectivity index (χ3v) is 4.17. The van der Waals surface area contributed by atoms with E-state index in [2.05, 4.69) is 4.89 Å². The van der Waals surface area contributed by atoms with Crippen LogP contribution in [0.4, 0.5) is 0 Å². The van der Waals surface area contributed by atoms with E-state index in [0.29, 0.717) is 23.4 Å². The maximum atomic E-state index is 11.8. The zero-order valence-corrected chi connectivity index (χ0v) is 12.9. The lowest BCUT2D eigenvalue weighted by molar-refractivity contribution is 0.0904. The second kappa shape index (κ2) is 7.61. The number of aryl methyl sites for hydroxylation is 1. The normalized spacial score (nSPS) is 11.7. The Kier molecular flexibility index (Phi) is 5.81. The molecule has 114 valence electrons.